The fourth-order valence-electron chi connectivity index (χ4n) is 3.76. The second-order valence-corrected chi connectivity index (χ2v) is 9.39. The predicted molar refractivity (Wildman–Crippen MR) is 142 cm³/mol. The van der Waals surface area contributed by atoms with Gasteiger partial charge >= 0.3 is 6.09 Å². The third-order valence-corrected chi connectivity index (χ3v) is 5.48. The molecule has 5 nitrogen and oxygen atoms in total. The van der Waals surface area contributed by atoms with Crippen LogP contribution in [0.1, 0.15) is 50.8 Å². The zero-order valence-corrected chi connectivity index (χ0v) is 21.2. The summed E-state index contributed by atoms with van der Waals surface area (Å²) in [5.41, 5.74) is 5.09. The van der Waals surface area contributed by atoms with E-state index in [1.165, 1.54) is 16.0 Å². The van der Waals surface area contributed by atoms with Crippen LogP contribution in [-0.4, -0.2) is 41.9 Å². The second kappa shape index (κ2) is 11.6. The largest absolute Gasteiger partial charge is 0.508 e. The van der Waals surface area contributed by atoms with E-state index in [0.29, 0.717) is 13.2 Å². The van der Waals surface area contributed by atoms with Gasteiger partial charge in [0.05, 0.1) is 6.54 Å². The molecule has 0 atom stereocenters. The van der Waals surface area contributed by atoms with Crippen LogP contribution in [0.15, 0.2) is 78.9 Å². The van der Waals surface area contributed by atoms with E-state index in [4.69, 9.17) is 9.47 Å². The zero-order chi connectivity index (χ0) is 25.4. The molecule has 5 heteroatoms. The number of nitrogens with zero attached hydrogens (tertiary/aromatic N) is 1. The molecule has 0 unspecified atom stereocenters. The lowest BCUT2D eigenvalue weighted by Crippen LogP contribution is -2.36. The lowest BCUT2D eigenvalue weighted by molar-refractivity contribution is 0.0278. The van der Waals surface area contributed by atoms with Crippen LogP contribution in [0.5, 0.6) is 11.5 Å². The fourth-order valence-corrected chi connectivity index (χ4v) is 3.76. The van der Waals surface area contributed by atoms with Gasteiger partial charge < -0.3 is 19.5 Å². The average molecular weight is 474 g/mol. The van der Waals surface area contributed by atoms with E-state index in [1.807, 2.05) is 75.4 Å². The van der Waals surface area contributed by atoms with E-state index in [9.17, 15) is 9.90 Å². The Hall–Kier alpha value is -3.73. The van der Waals surface area contributed by atoms with Crippen molar-refractivity contribution in [2.75, 3.05) is 20.2 Å². The van der Waals surface area contributed by atoms with Crippen LogP contribution >= 0.6 is 0 Å². The standard InChI is InChI=1S/C30H35NO4/c1-6-27(22-10-8-7-9-11-22)28(23-12-16-25(32)17-13-23)24-14-18-26(19-15-24)34-21-20-31(5)29(33)35-30(2,3)4/h7-19,32H,6,20-21H2,1-5H3/b28-27-. The zero-order valence-electron chi connectivity index (χ0n) is 21.2. The van der Waals surface area contributed by atoms with Gasteiger partial charge in [0.15, 0.2) is 0 Å². The lowest BCUT2D eigenvalue weighted by atomic mass is 9.88. The average Bonchev–Trinajstić information content (AvgIpc) is 2.83. The van der Waals surface area contributed by atoms with Gasteiger partial charge in [0, 0.05) is 7.05 Å². The van der Waals surface area contributed by atoms with Crippen LogP contribution in [0.2, 0.25) is 0 Å². The smallest absolute Gasteiger partial charge is 0.410 e. The normalized spacial score (nSPS) is 12.0. The molecule has 0 aliphatic rings. The van der Waals surface area contributed by atoms with Crippen molar-refractivity contribution in [3.8, 4) is 11.5 Å². The van der Waals surface area contributed by atoms with Crippen molar-refractivity contribution in [2.45, 2.75) is 39.7 Å². The molecule has 0 spiro atoms. The SMILES string of the molecule is CC/C(=C(\c1ccc(O)cc1)c1ccc(OCCN(C)C(=O)OC(C)(C)C)cc1)c1ccccc1. The maximum absolute atomic E-state index is 12.1. The maximum atomic E-state index is 12.1. The highest BCUT2D eigenvalue weighted by atomic mass is 16.6. The molecule has 1 N–H and O–H groups in total. The summed E-state index contributed by atoms with van der Waals surface area (Å²) in [6.45, 7) is 8.48. The first-order chi connectivity index (χ1) is 16.7. The number of likely N-dealkylation sites (N-methyl/N-ethyl adjacent to an activating group) is 1. The van der Waals surface area contributed by atoms with E-state index in [1.54, 1.807) is 19.2 Å². The molecule has 0 saturated carbocycles. The summed E-state index contributed by atoms with van der Waals surface area (Å²) in [5.74, 6) is 0.972. The number of rotatable bonds is 8. The monoisotopic (exact) mass is 473 g/mol. The van der Waals surface area contributed by atoms with E-state index in [-0.39, 0.29) is 11.8 Å². The maximum Gasteiger partial charge on any atom is 0.410 e. The van der Waals surface area contributed by atoms with Gasteiger partial charge in [-0.2, -0.15) is 0 Å². The van der Waals surface area contributed by atoms with Gasteiger partial charge in [0.1, 0.15) is 23.7 Å². The van der Waals surface area contributed by atoms with Crippen molar-refractivity contribution < 1.29 is 19.4 Å². The fraction of sp³-hybridized carbons (Fsp3) is 0.300. The van der Waals surface area contributed by atoms with Crippen LogP contribution in [0.3, 0.4) is 0 Å². The van der Waals surface area contributed by atoms with Gasteiger partial charge in [-0.05, 0) is 79.3 Å². The van der Waals surface area contributed by atoms with Crippen LogP contribution in [0.25, 0.3) is 11.1 Å². The Bertz CT molecular complexity index is 1130. The number of carbonyl (C=O) groups is 1. The molecule has 0 aromatic heterocycles. The number of ether oxygens (including phenoxy) is 2. The predicted octanol–water partition coefficient (Wildman–Crippen LogP) is 7.01. The minimum atomic E-state index is -0.526. The Labute approximate surface area is 208 Å². The molecule has 35 heavy (non-hydrogen) atoms. The molecule has 3 rings (SSSR count). The third-order valence-electron chi connectivity index (χ3n) is 5.48. The molecule has 0 radical (unpaired) electrons. The Morgan fingerprint density at radius 2 is 1.43 bits per heavy atom. The van der Waals surface area contributed by atoms with Gasteiger partial charge in [-0.3, -0.25) is 0 Å². The minimum absolute atomic E-state index is 0.242. The molecule has 184 valence electrons. The van der Waals surface area contributed by atoms with Crippen molar-refractivity contribution in [1.82, 2.24) is 4.90 Å². The summed E-state index contributed by atoms with van der Waals surface area (Å²) in [4.78, 5) is 13.6. The van der Waals surface area contributed by atoms with Crippen LogP contribution in [0, 0.1) is 0 Å². The van der Waals surface area contributed by atoms with Crippen molar-refractivity contribution in [2.24, 2.45) is 0 Å². The number of allylic oxidation sites excluding steroid dienone is 1. The first kappa shape index (κ1) is 25.9. The van der Waals surface area contributed by atoms with Crippen molar-refractivity contribution in [1.29, 1.82) is 0 Å². The first-order valence-corrected chi connectivity index (χ1v) is 11.9. The van der Waals surface area contributed by atoms with Crippen LogP contribution in [0.4, 0.5) is 4.79 Å². The molecule has 0 bridgehead atoms. The number of hydrogen-bond donors (Lipinski definition) is 1. The van der Waals surface area contributed by atoms with Crippen LogP contribution < -0.4 is 4.74 Å². The molecule has 0 aliphatic carbocycles. The number of phenols is 1. The Morgan fingerprint density at radius 1 is 0.857 bits per heavy atom. The van der Waals surface area contributed by atoms with Crippen molar-refractivity contribution >= 4 is 17.2 Å². The molecule has 3 aromatic carbocycles. The second-order valence-electron chi connectivity index (χ2n) is 9.39. The number of amides is 1. The highest BCUT2D eigenvalue weighted by Gasteiger charge is 2.19. The van der Waals surface area contributed by atoms with Gasteiger partial charge in [-0.15, -0.1) is 0 Å². The Morgan fingerprint density at radius 3 is 1.97 bits per heavy atom. The number of benzene rings is 3. The number of phenolic OH excluding ortho intramolecular Hbond substituents is 1. The topological polar surface area (TPSA) is 59.0 Å². The molecular formula is C30H35NO4. The van der Waals surface area contributed by atoms with Crippen LogP contribution in [-0.2, 0) is 4.74 Å². The first-order valence-electron chi connectivity index (χ1n) is 11.9. The summed E-state index contributed by atoms with van der Waals surface area (Å²) in [6, 6.07) is 25.7. The molecule has 1 amide bonds. The van der Waals surface area contributed by atoms with Gasteiger partial charge in [-0.1, -0.05) is 61.5 Å². The minimum Gasteiger partial charge on any atom is -0.508 e. The van der Waals surface area contributed by atoms with E-state index in [2.05, 4.69) is 19.1 Å². The summed E-state index contributed by atoms with van der Waals surface area (Å²) in [5, 5.41) is 9.80. The van der Waals surface area contributed by atoms with Gasteiger partial charge in [0.25, 0.3) is 0 Å². The number of aromatic hydroxyl groups is 1. The lowest BCUT2D eigenvalue weighted by Gasteiger charge is -2.24. The summed E-state index contributed by atoms with van der Waals surface area (Å²) in [6.07, 6.45) is 0.489. The molecule has 3 aromatic rings. The van der Waals surface area contributed by atoms with Gasteiger partial charge in [0.2, 0.25) is 0 Å². The summed E-state index contributed by atoms with van der Waals surface area (Å²) in [7, 11) is 1.70. The number of carbonyl (C=O) groups excluding carboxylic acids is 1. The molecule has 0 aliphatic heterocycles. The van der Waals surface area contributed by atoms with E-state index >= 15 is 0 Å². The quantitative estimate of drug-likeness (QED) is 0.358. The molecule has 0 saturated heterocycles. The van der Waals surface area contributed by atoms with E-state index < -0.39 is 5.60 Å². The molecular weight excluding hydrogens is 438 g/mol. The number of hydrogen-bond acceptors (Lipinski definition) is 4. The van der Waals surface area contributed by atoms with Crippen molar-refractivity contribution in [3.63, 3.8) is 0 Å². The summed E-state index contributed by atoms with van der Waals surface area (Å²) >= 11 is 0. The van der Waals surface area contributed by atoms with Gasteiger partial charge in [-0.25, -0.2) is 4.79 Å². The van der Waals surface area contributed by atoms with E-state index in [0.717, 1.165) is 28.9 Å². The highest BCUT2D eigenvalue weighted by Crippen LogP contribution is 2.35. The highest BCUT2D eigenvalue weighted by molar-refractivity contribution is 5.98. The third kappa shape index (κ3) is 7.38. The Balaban J connectivity index is 1.80. The molecule has 0 fully saturated rings. The summed E-state index contributed by atoms with van der Waals surface area (Å²) < 4.78 is 11.3. The Kier molecular flexibility index (Phi) is 8.58. The molecule has 0 heterocycles. The van der Waals surface area contributed by atoms with Crippen molar-refractivity contribution in [3.05, 3.63) is 95.6 Å².